The molecule has 0 bridgehead atoms. The van der Waals surface area contributed by atoms with E-state index in [9.17, 15) is 13.5 Å². The van der Waals surface area contributed by atoms with Crippen molar-refractivity contribution in [2.75, 3.05) is 13.2 Å². The predicted molar refractivity (Wildman–Crippen MR) is 85.0 cm³/mol. The maximum atomic E-state index is 12.8. The Morgan fingerprint density at radius 3 is 2.87 bits per heavy atom. The second-order valence-electron chi connectivity index (χ2n) is 5.69. The molecule has 1 aromatic heterocycles. The van der Waals surface area contributed by atoms with Crippen LogP contribution in [-0.2, 0) is 22.2 Å². The van der Waals surface area contributed by atoms with Gasteiger partial charge in [0.25, 0.3) is 0 Å². The average Bonchev–Trinajstić information content (AvgIpc) is 3.04. The van der Waals surface area contributed by atoms with Crippen LogP contribution in [0.4, 0.5) is 0 Å². The normalized spacial score (nSPS) is 18.1. The summed E-state index contributed by atoms with van der Waals surface area (Å²) in [6.07, 6.45) is 4.01. The van der Waals surface area contributed by atoms with Gasteiger partial charge in [0, 0.05) is 12.6 Å². The molecular formula is C16H20N2O4S. The number of hydrogen-bond acceptors (Lipinski definition) is 5. The number of aliphatic hydroxyl groups is 1. The molecule has 0 amide bonds. The van der Waals surface area contributed by atoms with Gasteiger partial charge >= 0.3 is 0 Å². The summed E-state index contributed by atoms with van der Waals surface area (Å²) >= 11 is 0. The summed E-state index contributed by atoms with van der Waals surface area (Å²) in [5.74, 6) is -0.220. The summed E-state index contributed by atoms with van der Waals surface area (Å²) in [5.41, 5.74) is 2.59. The molecule has 2 aromatic rings. The van der Waals surface area contributed by atoms with E-state index in [-0.39, 0.29) is 24.9 Å². The number of aliphatic hydroxyl groups excluding tert-OH is 1. The summed E-state index contributed by atoms with van der Waals surface area (Å²) in [5, 5.41) is 13.1. The van der Waals surface area contributed by atoms with Crippen molar-refractivity contribution in [1.29, 1.82) is 0 Å². The van der Waals surface area contributed by atoms with Crippen molar-refractivity contribution < 1.29 is 18.0 Å². The van der Waals surface area contributed by atoms with Crippen molar-refractivity contribution >= 4 is 10.0 Å². The maximum absolute atomic E-state index is 12.8. The van der Waals surface area contributed by atoms with Gasteiger partial charge in [0.15, 0.2) is 0 Å². The van der Waals surface area contributed by atoms with E-state index in [2.05, 4.69) is 5.16 Å². The second-order valence-corrected chi connectivity index (χ2v) is 7.61. The third-order valence-corrected chi connectivity index (χ3v) is 6.00. The Labute approximate surface area is 135 Å². The number of fused-ring (bicyclic) bond motifs is 1. The third kappa shape index (κ3) is 3.46. The zero-order valence-corrected chi connectivity index (χ0v) is 13.6. The molecule has 0 spiro atoms. The van der Waals surface area contributed by atoms with Crippen molar-refractivity contribution in [3.8, 4) is 0 Å². The van der Waals surface area contributed by atoms with Crippen LogP contribution in [0, 0.1) is 0 Å². The summed E-state index contributed by atoms with van der Waals surface area (Å²) in [4.78, 5) is 0. The molecule has 0 saturated heterocycles. The lowest BCUT2D eigenvalue weighted by atomic mass is 9.88. The van der Waals surface area contributed by atoms with Crippen LogP contribution in [0.5, 0.6) is 0 Å². The van der Waals surface area contributed by atoms with E-state index in [0.717, 1.165) is 24.8 Å². The number of hydrogen-bond donors (Lipinski definition) is 1. The molecule has 0 saturated carbocycles. The Morgan fingerprint density at radius 1 is 1.30 bits per heavy atom. The lowest BCUT2D eigenvalue weighted by Crippen LogP contribution is -2.39. The quantitative estimate of drug-likeness (QED) is 0.871. The number of rotatable bonds is 6. The molecule has 0 radical (unpaired) electrons. The Kier molecular flexibility index (Phi) is 4.79. The molecule has 1 atom stereocenters. The number of sulfonamides is 1. The maximum Gasteiger partial charge on any atom is 0.220 e. The van der Waals surface area contributed by atoms with E-state index in [1.165, 1.54) is 16.1 Å². The van der Waals surface area contributed by atoms with E-state index in [0.29, 0.717) is 5.69 Å². The van der Waals surface area contributed by atoms with Gasteiger partial charge in [-0.25, -0.2) is 8.42 Å². The Morgan fingerprint density at radius 2 is 2.13 bits per heavy atom. The van der Waals surface area contributed by atoms with Crippen molar-refractivity contribution in [2.45, 2.75) is 31.1 Å². The molecule has 0 fully saturated rings. The lowest BCUT2D eigenvalue weighted by Gasteiger charge is -2.34. The molecule has 1 heterocycles. The first-order valence-corrected chi connectivity index (χ1v) is 9.30. The van der Waals surface area contributed by atoms with Crippen molar-refractivity contribution in [3.63, 3.8) is 0 Å². The molecule has 7 heteroatoms. The third-order valence-electron chi connectivity index (χ3n) is 4.18. The van der Waals surface area contributed by atoms with Gasteiger partial charge in [-0.05, 0) is 30.4 Å². The van der Waals surface area contributed by atoms with Gasteiger partial charge in [0.05, 0.1) is 18.3 Å². The molecule has 3 rings (SSSR count). The van der Waals surface area contributed by atoms with Crippen LogP contribution in [-0.4, -0.2) is 36.1 Å². The van der Waals surface area contributed by atoms with Crippen molar-refractivity contribution in [1.82, 2.24) is 9.46 Å². The lowest BCUT2D eigenvalue weighted by molar-refractivity contribution is 0.215. The minimum atomic E-state index is -3.60. The predicted octanol–water partition coefficient (Wildman–Crippen LogP) is 1.88. The monoisotopic (exact) mass is 336 g/mol. The smallest absolute Gasteiger partial charge is 0.220 e. The number of benzene rings is 1. The Bertz CT molecular complexity index is 743. The molecule has 1 N–H and O–H groups in total. The fourth-order valence-corrected chi connectivity index (χ4v) is 4.85. The van der Waals surface area contributed by atoms with Gasteiger partial charge in [-0.1, -0.05) is 29.4 Å². The van der Waals surface area contributed by atoms with E-state index >= 15 is 0 Å². The van der Waals surface area contributed by atoms with Crippen LogP contribution in [0.15, 0.2) is 41.1 Å². The summed E-state index contributed by atoms with van der Waals surface area (Å²) in [6.45, 7) is -0.129. The van der Waals surface area contributed by atoms with Crippen LogP contribution in [0.2, 0.25) is 0 Å². The largest absolute Gasteiger partial charge is 0.395 e. The fourth-order valence-electron chi connectivity index (χ4n) is 3.20. The summed E-state index contributed by atoms with van der Waals surface area (Å²) in [6, 6.07) is 9.24. The molecular weight excluding hydrogens is 316 g/mol. The first-order valence-electron chi connectivity index (χ1n) is 7.69. The summed E-state index contributed by atoms with van der Waals surface area (Å²) in [7, 11) is -3.60. The molecule has 0 aliphatic heterocycles. The minimum absolute atomic E-state index is 0.0825. The Hall–Kier alpha value is -1.70. The van der Waals surface area contributed by atoms with Gasteiger partial charge in [-0.15, -0.1) is 0 Å². The minimum Gasteiger partial charge on any atom is -0.395 e. The summed E-state index contributed by atoms with van der Waals surface area (Å²) < 4.78 is 31.8. The number of nitrogens with zero attached hydrogens (tertiary/aromatic N) is 2. The average molecular weight is 336 g/mol. The van der Waals surface area contributed by atoms with Gasteiger partial charge in [-0.3, -0.25) is 0 Å². The van der Waals surface area contributed by atoms with E-state index in [4.69, 9.17) is 4.52 Å². The molecule has 23 heavy (non-hydrogen) atoms. The number of aromatic nitrogens is 1. The highest BCUT2D eigenvalue weighted by Gasteiger charge is 2.33. The highest BCUT2D eigenvalue weighted by Crippen LogP contribution is 2.36. The zero-order chi connectivity index (χ0) is 16.3. The first-order chi connectivity index (χ1) is 11.1. The van der Waals surface area contributed by atoms with Crippen LogP contribution < -0.4 is 0 Å². The molecule has 124 valence electrons. The molecule has 1 aliphatic rings. The molecule has 6 nitrogen and oxygen atoms in total. The standard InChI is InChI=1S/C16H20N2O4S/c19-10-9-18(23(20,21)12-14-8-11-22-17-14)16-7-3-5-13-4-1-2-6-15(13)16/h1-2,4,6,8,11,16,19H,3,5,7,9-10,12H2/t16-/m0/s1. The highest BCUT2D eigenvalue weighted by molar-refractivity contribution is 7.88. The first kappa shape index (κ1) is 16.2. The van der Waals surface area contributed by atoms with Gasteiger partial charge in [0.1, 0.15) is 12.0 Å². The molecule has 0 unspecified atom stereocenters. The van der Waals surface area contributed by atoms with Crippen molar-refractivity contribution in [2.24, 2.45) is 0 Å². The topological polar surface area (TPSA) is 83.6 Å². The van der Waals surface area contributed by atoms with E-state index in [1.54, 1.807) is 6.07 Å². The molecule has 1 aromatic carbocycles. The SMILES string of the molecule is O=S(=O)(Cc1ccon1)N(CCO)[C@H]1CCCc2ccccc21. The highest BCUT2D eigenvalue weighted by atomic mass is 32.2. The van der Waals surface area contributed by atoms with Crippen LogP contribution in [0.25, 0.3) is 0 Å². The van der Waals surface area contributed by atoms with Crippen molar-refractivity contribution in [3.05, 3.63) is 53.4 Å². The van der Waals surface area contributed by atoms with Gasteiger partial charge in [-0.2, -0.15) is 4.31 Å². The van der Waals surface area contributed by atoms with Crippen LogP contribution >= 0.6 is 0 Å². The second kappa shape index (κ2) is 6.82. The Balaban J connectivity index is 1.93. The van der Waals surface area contributed by atoms with E-state index in [1.807, 2.05) is 24.3 Å². The van der Waals surface area contributed by atoms with Crippen LogP contribution in [0.3, 0.4) is 0 Å². The van der Waals surface area contributed by atoms with Gasteiger partial charge in [0.2, 0.25) is 10.0 Å². The molecule has 1 aliphatic carbocycles. The van der Waals surface area contributed by atoms with E-state index < -0.39 is 10.0 Å². The van der Waals surface area contributed by atoms with Gasteiger partial charge < -0.3 is 9.63 Å². The zero-order valence-electron chi connectivity index (χ0n) is 12.8. The fraction of sp³-hybridized carbons (Fsp3) is 0.438. The number of aryl methyl sites for hydroxylation is 1. The van der Waals surface area contributed by atoms with Crippen LogP contribution in [0.1, 0.15) is 35.7 Å².